The summed E-state index contributed by atoms with van der Waals surface area (Å²) in [7, 11) is 3.17. The normalized spacial score (nSPS) is 28.1. The molecule has 1 aromatic heterocycles. The zero-order valence-electron chi connectivity index (χ0n) is 19.1. The van der Waals surface area contributed by atoms with Crippen molar-refractivity contribution in [2.45, 2.75) is 24.5 Å². The van der Waals surface area contributed by atoms with Crippen molar-refractivity contribution in [2.75, 3.05) is 14.1 Å². The first-order chi connectivity index (χ1) is 16.6. The third-order valence-electron chi connectivity index (χ3n) is 7.35. The number of nitrogens with zero attached hydrogens (tertiary/aromatic N) is 3. The second-order valence-corrected chi connectivity index (χ2v) is 9.38. The second kappa shape index (κ2) is 7.82. The van der Waals surface area contributed by atoms with Crippen molar-refractivity contribution in [2.24, 2.45) is 17.6 Å². The average Bonchev–Trinajstić information content (AvgIpc) is 2.81. The number of aliphatic hydroxyl groups excluding tert-OH is 2. The van der Waals surface area contributed by atoms with Crippen LogP contribution in [0.1, 0.15) is 17.5 Å². The van der Waals surface area contributed by atoms with Crippen LogP contribution < -0.4 is 5.73 Å². The lowest BCUT2D eigenvalue weighted by Crippen LogP contribution is -2.65. The van der Waals surface area contributed by atoms with Gasteiger partial charge in [0.2, 0.25) is 5.78 Å². The number of carbonyl (C=O) groups is 3. The van der Waals surface area contributed by atoms with Gasteiger partial charge in [-0.1, -0.05) is 18.2 Å². The van der Waals surface area contributed by atoms with E-state index in [4.69, 9.17) is 5.73 Å². The maximum Gasteiger partial charge on any atom is 0.255 e. The molecule has 0 unspecified atom stereocenters. The fourth-order valence-corrected chi connectivity index (χ4v) is 5.85. The number of amides is 1. The van der Waals surface area contributed by atoms with E-state index in [0.717, 1.165) is 11.1 Å². The lowest BCUT2D eigenvalue weighted by Gasteiger charge is -2.50. The highest BCUT2D eigenvalue weighted by Gasteiger charge is 2.64. The fourth-order valence-electron chi connectivity index (χ4n) is 5.85. The number of hydrogen-bond donors (Lipinski definition) is 4. The molecular weight excluding hydrogens is 452 g/mol. The number of benzene rings is 1. The number of aliphatic hydroxyl groups is 3. The smallest absolute Gasteiger partial charge is 0.255 e. The van der Waals surface area contributed by atoms with Crippen LogP contribution in [0.4, 0.5) is 0 Å². The number of aromatic nitrogens is 2. The molecule has 4 atom stereocenters. The summed E-state index contributed by atoms with van der Waals surface area (Å²) in [6, 6.07) is 4.15. The number of rotatable bonds is 3. The van der Waals surface area contributed by atoms with Gasteiger partial charge in [0.25, 0.3) is 5.91 Å². The lowest BCUT2D eigenvalue weighted by molar-refractivity contribution is -0.153. The monoisotopic (exact) mass is 476 g/mol. The van der Waals surface area contributed by atoms with Crippen LogP contribution in [-0.2, 0) is 20.8 Å². The van der Waals surface area contributed by atoms with Gasteiger partial charge in [0, 0.05) is 35.0 Å². The van der Waals surface area contributed by atoms with E-state index < -0.39 is 52.3 Å². The van der Waals surface area contributed by atoms with Gasteiger partial charge in [-0.2, -0.15) is 0 Å². The molecule has 0 bridgehead atoms. The van der Waals surface area contributed by atoms with Crippen molar-refractivity contribution >= 4 is 23.2 Å². The van der Waals surface area contributed by atoms with Crippen molar-refractivity contribution in [1.29, 1.82) is 0 Å². The van der Waals surface area contributed by atoms with Crippen molar-refractivity contribution in [3.8, 4) is 11.3 Å². The Hall–Kier alpha value is -3.89. The summed E-state index contributed by atoms with van der Waals surface area (Å²) in [5.74, 6) is -5.91. The molecule has 0 aliphatic heterocycles. The van der Waals surface area contributed by atoms with Gasteiger partial charge in [-0.05, 0) is 38.4 Å². The van der Waals surface area contributed by atoms with Crippen LogP contribution in [0.25, 0.3) is 17.0 Å². The van der Waals surface area contributed by atoms with Gasteiger partial charge in [0.15, 0.2) is 11.4 Å². The van der Waals surface area contributed by atoms with Crippen LogP contribution in [-0.4, -0.2) is 73.4 Å². The number of carbonyl (C=O) groups excluding carboxylic acids is 3. The van der Waals surface area contributed by atoms with E-state index in [2.05, 4.69) is 9.97 Å². The molecule has 0 radical (unpaired) electrons. The Morgan fingerprint density at radius 1 is 1.17 bits per heavy atom. The minimum atomic E-state index is -2.58. The summed E-state index contributed by atoms with van der Waals surface area (Å²) in [5.41, 5.74) is 4.44. The molecule has 0 saturated heterocycles. The molecule has 1 fully saturated rings. The molecule has 0 spiro atoms. The molecular formula is C25H24N4O6. The van der Waals surface area contributed by atoms with E-state index in [-0.39, 0.29) is 17.8 Å². The van der Waals surface area contributed by atoms with Crippen molar-refractivity contribution in [3.63, 3.8) is 0 Å². The van der Waals surface area contributed by atoms with Crippen LogP contribution in [0.2, 0.25) is 0 Å². The fraction of sp³-hybridized carbons (Fsp3) is 0.320. The second-order valence-electron chi connectivity index (χ2n) is 9.38. The maximum atomic E-state index is 13.8. The van der Waals surface area contributed by atoms with Gasteiger partial charge in [-0.15, -0.1) is 0 Å². The van der Waals surface area contributed by atoms with E-state index in [1.54, 1.807) is 44.8 Å². The van der Waals surface area contributed by atoms with Gasteiger partial charge < -0.3 is 21.1 Å². The third-order valence-corrected chi connectivity index (χ3v) is 7.35. The average molecular weight is 476 g/mol. The summed E-state index contributed by atoms with van der Waals surface area (Å²) in [6.45, 7) is 0. The van der Waals surface area contributed by atoms with E-state index in [0.29, 0.717) is 17.7 Å². The van der Waals surface area contributed by atoms with Crippen LogP contribution in [0.3, 0.4) is 0 Å². The van der Waals surface area contributed by atoms with Crippen molar-refractivity contribution in [1.82, 2.24) is 14.9 Å². The zero-order valence-corrected chi connectivity index (χ0v) is 19.1. The van der Waals surface area contributed by atoms with Crippen LogP contribution in [0, 0.1) is 11.8 Å². The number of hydrogen-bond acceptors (Lipinski definition) is 9. The molecule has 180 valence electrons. The predicted octanol–water partition coefficient (Wildman–Crippen LogP) is 0.715. The van der Waals surface area contributed by atoms with Crippen LogP contribution in [0.15, 0.2) is 53.7 Å². The SMILES string of the molecule is CN(C)[C@H]1C(=O)C(C(N)=O)=C(O)[C@@]2(O)C(=O)C3=C(O)c4cccc(-c5cnccn5)c4C[C@H]3C[C@@H]12. The van der Waals surface area contributed by atoms with Gasteiger partial charge >= 0.3 is 0 Å². The molecule has 5 N–H and O–H groups in total. The summed E-state index contributed by atoms with van der Waals surface area (Å²) >= 11 is 0. The molecule has 35 heavy (non-hydrogen) atoms. The molecule has 3 aliphatic rings. The Morgan fingerprint density at radius 2 is 1.89 bits per heavy atom. The van der Waals surface area contributed by atoms with E-state index in [1.165, 1.54) is 4.90 Å². The molecule has 1 amide bonds. The first-order valence-corrected chi connectivity index (χ1v) is 11.1. The highest BCUT2D eigenvalue weighted by atomic mass is 16.3. The standard InChI is InChI=1S/C25H24N4O6/c1-29(2)19-15-9-11-8-14-12(16-10-27-6-7-28-16)4-3-5-13(14)20(30)17(11)22(32)25(15,35)23(33)18(21(19)31)24(26)34/h3-7,10-11,15,19,30,33,35H,8-9H2,1-2H3,(H2,26,34)/t11-,15-,19+,25-/m0/s1. The van der Waals surface area contributed by atoms with Crippen molar-refractivity contribution < 1.29 is 29.7 Å². The van der Waals surface area contributed by atoms with Gasteiger partial charge in [0.05, 0.1) is 17.9 Å². The van der Waals surface area contributed by atoms with E-state index >= 15 is 0 Å². The Balaban J connectivity index is 1.72. The number of likely N-dealkylation sites (N-methyl/N-ethyl adjacent to an activating group) is 1. The Labute approximate surface area is 200 Å². The minimum Gasteiger partial charge on any atom is -0.508 e. The largest absolute Gasteiger partial charge is 0.508 e. The molecule has 5 rings (SSSR count). The lowest BCUT2D eigenvalue weighted by atomic mass is 9.57. The highest BCUT2D eigenvalue weighted by Crippen LogP contribution is 2.52. The first-order valence-electron chi connectivity index (χ1n) is 11.1. The number of nitrogens with two attached hydrogens (primary N) is 1. The molecule has 10 nitrogen and oxygen atoms in total. The van der Waals surface area contributed by atoms with Gasteiger partial charge in [-0.3, -0.25) is 29.3 Å². The number of primary amides is 1. The number of ketones is 2. The van der Waals surface area contributed by atoms with E-state index in [1.807, 2.05) is 6.07 Å². The molecule has 3 aliphatic carbocycles. The zero-order chi connectivity index (χ0) is 25.2. The minimum absolute atomic E-state index is 0.0465. The molecule has 1 aromatic carbocycles. The van der Waals surface area contributed by atoms with E-state index in [9.17, 15) is 29.7 Å². The summed E-state index contributed by atoms with van der Waals surface area (Å²) < 4.78 is 0. The van der Waals surface area contributed by atoms with Gasteiger partial charge in [0.1, 0.15) is 17.1 Å². The number of Topliss-reactive ketones (excluding diaryl/α,β-unsaturated/α-hetero) is 2. The molecule has 2 aromatic rings. The molecule has 1 saturated carbocycles. The van der Waals surface area contributed by atoms with Crippen LogP contribution in [0.5, 0.6) is 0 Å². The topological polar surface area (TPSA) is 167 Å². The van der Waals surface area contributed by atoms with Crippen LogP contribution >= 0.6 is 0 Å². The number of fused-ring (bicyclic) bond motifs is 3. The van der Waals surface area contributed by atoms with Crippen molar-refractivity contribution in [3.05, 3.63) is 64.8 Å². The third kappa shape index (κ3) is 3.06. The maximum absolute atomic E-state index is 13.8. The molecule has 1 heterocycles. The quantitative estimate of drug-likeness (QED) is 0.467. The summed E-state index contributed by atoms with van der Waals surface area (Å²) in [5, 5.41) is 33.7. The Bertz CT molecular complexity index is 1350. The summed E-state index contributed by atoms with van der Waals surface area (Å²) in [4.78, 5) is 48.9. The predicted molar refractivity (Wildman–Crippen MR) is 124 cm³/mol. The first kappa shape index (κ1) is 22.9. The highest BCUT2D eigenvalue weighted by molar-refractivity contribution is 6.24. The molecule has 10 heteroatoms. The Morgan fingerprint density at radius 3 is 2.51 bits per heavy atom. The van der Waals surface area contributed by atoms with Gasteiger partial charge in [-0.25, -0.2) is 0 Å². The summed E-state index contributed by atoms with van der Waals surface area (Å²) in [6.07, 6.45) is 5.15. The Kier molecular flexibility index (Phi) is 5.11.